The van der Waals surface area contributed by atoms with Crippen LogP contribution in [0.2, 0.25) is 0 Å². The highest BCUT2D eigenvalue weighted by Crippen LogP contribution is 2.30. The summed E-state index contributed by atoms with van der Waals surface area (Å²) in [7, 11) is 2.05. The molecule has 1 heterocycles. The van der Waals surface area contributed by atoms with Gasteiger partial charge in [0.1, 0.15) is 0 Å². The molecule has 0 aromatic heterocycles. The predicted molar refractivity (Wildman–Crippen MR) is 57.8 cm³/mol. The quantitative estimate of drug-likeness (QED) is 0.522. The third-order valence-electron chi connectivity index (χ3n) is 3.19. The van der Waals surface area contributed by atoms with Gasteiger partial charge < -0.3 is 0 Å². The molecule has 1 aliphatic heterocycles. The highest BCUT2D eigenvalue weighted by atomic mass is 16.6. The van der Waals surface area contributed by atoms with E-state index in [-0.39, 0.29) is 16.7 Å². The molecule has 4 heteroatoms. The predicted octanol–water partition coefficient (Wildman–Crippen LogP) is 2.14. The Hall–Kier alpha value is -1.42. The third-order valence-corrected chi connectivity index (χ3v) is 3.19. The maximum absolute atomic E-state index is 10.7. The number of likely N-dealkylation sites (N-methyl/N-ethyl adjacent to an activating group) is 1. The molecule has 0 saturated carbocycles. The van der Waals surface area contributed by atoms with E-state index in [1.807, 2.05) is 13.1 Å². The zero-order chi connectivity index (χ0) is 11.0. The van der Waals surface area contributed by atoms with Gasteiger partial charge in [0.25, 0.3) is 5.69 Å². The van der Waals surface area contributed by atoms with Crippen molar-refractivity contribution in [2.24, 2.45) is 0 Å². The minimum Gasteiger partial charge on any atom is -0.299 e. The number of nitrogens with zero attached hydrogens (tertiary/aromatic N) is 2. The first-order valence-electron chi connectivity index (χ1n) is 5.07. The van der Waals surface area contributed by atoms with E-state index >= 15 is 0 Å². The maximum atomic E-state index is 10.7. The Morgan fingerprint density at radius 2 is 2.27 bits per heavy atom. The molecule has 2 rings (SSSR count). The van der Waals surface area contributed by atoms with Gasteiger partial charge in [0.15, 0.2) is 0 Å². The molecule has 0 N–H and O–H groups in total. The number of non-ortho nitro benzene ring substituents is 1. The average molecular weight is 206 g/mol. The zero-order valence-corrected chi connectivity index (χ0v) is 8.93. The van der Waals surface area contributed by atoms with Crippen molar-refractivity contribution in [2.75, 3.05) is 13.6 Å². The number of benzene rings is 1. The molecule has 0 bridgehead atoms. The minimum absolute atomic E-state index is 0.191. The Balaban J connectivity index is 2.45. The van der Waals surface area contributed by atoms with Gasteiger partial charge in [-0.3, -0.25) is 15.0 Å². The SMILES string of the molecule is CC1c2cc([N+](=O)[O-])ccc2CCN1C. The van der Waals surface area contributed by atoms with Crippen LogP contribution in [0.5, 0.6) is 0 Å². The van der Waals surface area contributed by atoms with Crippen LogP contribution in [-0.2, 0) is 6.42 Å². The van der Waals surface area contributed by atoms with E-state index < -0.39 is 0 Å². The molecule has 1 aliphatic rings. The lowest BCUT2D eigenvalue weighted by molar-refractivity contribution is -0.385. The van der Waals surface area contributed by atoms with E-state index in [1.54, 1.807) is 12.1 Å². The van der Waals surface area contributed by atoms with E-state index in [0.29, 0.717) is 0 Å². The molecule has 0 spiro atoms. The molecule has 1 atom stereocenters. The average Bonchev–Trinajstić information content (AvgIpc) is 2.23. The molecule has 0 saturated heterocycles. The fourth-order valence-electron chi connectivity index (χ4n) is 2.04. The third kappa shape index (κ3) is 1.72. The molecule has 0 amide bonds. The second kappa shape index (κ2) is 3.62. The Morgan fingerprint density at radius 3 is 2.93 bits per heavy atom. The van der Waals surface area contributed by atoms with Gasteiger partial charge in [-0.05, 0) is 31.5 Å². The Kier molecular flexibility index (Phi) is 2.44. The summed E-state index contributed by atoms with van der Waals surface area (Å²) in [6.45, 7) is 3.10. The standard InChI is InChI=1S/C11H14N2O2/c1-8-11-7-10(13(14)15)4-3-9(11)5-6-12(8)2/h3-4,7-8H,5-6H2,1-2H3. The fraction of sp³-hybridized carbons (Fsp3) is 0.455. The normalized spacial score (nSPS) is 21.1. The summed E-state index contributed by atoms with van der Waals surface area (Å²) < 4.78 is 0. The topological polar surface area (TPSA) is 46.4 Å². The number of nitro groups is 1. The summed E-state index contributed by atoms with van der Waals surface area (Å²) in [5.74, 6) is 0. The van der Waals surface area contributed by atoms with Gasteiger partial charge in [-0.1, -0.05) is 6.07 Å². The molecule has 80 valence electrons. The van der Waals surface area contributed by atoms with Crippen LogP contribution in [-0.4, -0.2) is 23.4 Å². The molecular weight excluding hydrogens is 192 g/mol. The van der Waals surface area contributed by atoms with Gasteiger partial charge in [0.2, 0.25) is 0 Å². The highest BCUT2D eigenvalue weighted by molar-refractivity contribution is 5.42. The number of fused-ring (bicyclic) bond motifs is 1. The first kappa shape index (κ1) is 10.1. The van der Waals surface area contributed by atoms with Crippen LogP contribution in [0.15, 0.2) is 18.2 Å². The summed E-state index contributed by atoms with van der Waals surface area (Å²) in [6.07, 6.45) is 0.980. The van der Waals surface area contributed by atoms with Crippen LogP contribution in [0.25, 0.3) is 0 Å². The number of hydrogen-bond acceptors (Lipinski definition) is 3. The first-order valence-corrected chi connectivity index (χ1v) is 5.07. The van der Waals surface area contributed by atoms with Crippen molar-refractivity contribution >= 4 is 5.69 Å². The first-order chi connectivity index (χ1) is 7.09. The lowest BCUT2D eigenvalue weighted by atomic mass is 9.93. The van der Waals surface area contributed by atoms with Crippen molar-refractivity contribution < 1.29 is 4.92 Å². The van der Waals surface area contributed by atoms with Gasteiger partial charge in [0.05, 0.1) is 4.92 Å². The summed E-state index contributed by atoms with van der Waals surface area (Å²) >= 11 is 0. The number of nitro benzene ring substituents is 1. The van der Waals surface area contributed by atoms with Crippen LogP contribution >= 0.6 is 0 Å². The van der Waals surface area contributed by atoms with Crippen molar-refractivity contribution in [1.82, 2.24) is 4.90 Å². The van der Waals surface area contributed by atoms with Gasteiger partial charge in [-0.25, -0.2) is 0 Å². The number of rotatable bonds is 1. The molecular formula is C11H14N2O2. The highest BCUT2D eigenvalue weighted by Gasteiger charge is 2.22. The monoisotopic (exact) mass is 206 g/mol. The minimum atomic E-state index is -0.332. The van der Waals surface area contributed by atoms with Gasteiger partial charge in [-0.15, -0.1) is 0 Å². The Bertz CT molecular complexity index is 404. The zero-order valence-electron chi connectivity index (χ0n) is 8.93. The summed E-state index contributed by atoms with van der Waals surface area (Å²) in [6, 6.07) is 5.46. The maximum Gasteiger partial charge on any atom is 0.269 e. The van der Waals surface area contributed by atoms with Crippen LogP contribution in [0.3, 0.4) is 0 Å². The van der Waals surface area contributed by atoms with Crippen molar-refractivity contribution in [3.8, 4) is 0 Å². The second-order valence-electron chi connectivity index (χ2n) is 4.05. The van der Waals surface area contributed by atoms with Gasteiger partial charge in [-0.2, -0.15) is 0 Å². The summed E-state index contributed by atoms with van der Waals surface area (Å²) in [4.78, 5) is 12.5. The lowest BCUT2D eigenvalue weighted by Crippen LogP contribution is -2.30. The fourth-order valence-corrected chi connectivity index (χ4v) is 2.04. The van der Waals surface area contributed by atoms with E-state index in [1.165, 1.54) is 5.56 Å². The Morgan fingerprint density at radius 1 is 1.53 bits per heavy atom. The lowest BCUT2D eigenvalue weighted by Gasteiger charge is -2.31. The molecule has 1 aromatic rings. The van der Waals surface area contributed by atoms with Crippen LogP contribution in [0.4, 0.5) is 5.69 Å². The van der Waals surface area contributed by atoms with Crippen molar-refractivity contribution in [1.29, 1.82) is 0 Å². The van der Waals surface area contributed by atoms with E-state index in [2.05, 4.69) is 11.8 Å². The molecule has 1 aromatic carbocycles. The van der Waals surface area contributed by atoms with E-state index in [4.69, 9.17) is 0 Å². The van der Waals surface area contributed by atoms with E-state index in [0.717, 1.165) is 18.5 Å². The number of hydrogen-bond donors (Lipinski definition) is 0. The Labute approximate surface area is 88.7 Å². The van der Waals surface area contributed by atoms with Gasteiger partial charge in [0, 0.05) is 24.7 Å². The molecule has 4 nitrogen and oxygen atoms in total. The second-order valence-corrected chi connectivity index (χ2v) is 4.05. The molecule has 1 unspecified atom stereocenters. The van der Waals surface area contributed by atoms with Gasteiger partial charge >= 0.3 is 0 Å². The van der Waals surface area contributed by atoms with E-state index in [9.17, 15) is 10.1 Å². The summed E-state index contributed by atoms with van der Waals surface area (Å²) in [5, 5.41) is 10.7. The molecule has 15 heavy (non-hydrogen) atoms. The molecule has 0 radical (unpaired) electrons. The molecule has 0 fully saturated rings. The van der Waals surface area contributed by atoms with Crippen molar-refractivity contribution in [3.05, 3.63) is 39.4 Å². The van der Waals surface area contributed by atoms with Crippen LogP contribution in [0, 0.1) is 10.1 Å². The van der Waals surface area contributed by atoms with Crippen molar-refractivity contribution in [2.45, 2.75) is 19.4 Å². The smallest absolute Gasteiger partial charge is 0.269 e. The molecule has 0 aliphatic carbocycles. The van der Waals surface area contributed by atoms with Crippen LogP contribution in [0.1, 0.15) is 24.1 Å². The summed E-state index contributed by atoms with van der Waals surface area (Å²) in [5.41, 5.74) is 2.53. The largest absolute Gasteiger partial charge is 0.299 e. The van der Waals surface area contributed by atoms with Crippen LogP contribution < -0.4 is 0 Å². The van der Waals surface area contributed by atoms with Crippen molar-refractivity contribution in [3.63, 3.8) is 0 Å².